The Morgan fingerprint density at radius 3 is 2.95 bits per heavy atom. The predicted molar refractivity (Wildman–Crippen MR) is 75.5 cm³/mol. The quantitative estimate of drug-likeness (QED) is 0.839. The molecule has 0 bridgehead atoms. The van der Waals surface area contributed by atoms with Crippen molar-refractivity contribution in [1.29, 1.82) is 0 Å². The summed E-state index contributed by atoms with van der Waals surface area (Å²) < 4.78 is 4.42. The summed E-state index contributed by atoms with van der Waals surface area (Å²) in [5, 5.41) is 5.57. The van der Waals surface area contributed by atoms with Gasteiger partial charge in [0, 0.05) is 24.8 Å². The lowest BCUT2D eigenvalue weighted by Crippen LogP contribution is -2.43. The summed E-state index contributed by atoms with van der Waals surface area (Å²) in [7, 11) is 1.23. The van der Waals surface area contributed by atoms with Crippen molar-refractivity contribution in [3.05, 3.63) is 29.8 Å². The number of carbonyl (C=O) groups is 2. The summed E-state index contributed by atoms with van der Waals surface area (Å²) in [6.07, 6.45) is -0.732. The van der Waals surface area contributed by atoms with E-state index in [0.29, 0.717) is 6.54 Å². The average Bonchev–Trinajstić information content (AvgIpc) is 2.59. The van der Waals surface area contributed by atoms with Gasteiger partial charge in [-0.05, 0) is 18.6 Å². The first kappa shape index (κ1) is 14.3. The molecule has 6 nitrogen and oxygen atoms in total. The van der Waals surface area contributed by atoms with Crippen LogP contribution in [0, 0.1) is 0 Å². The number of rotatable bonds is 2. The Kier molecular flexibility index (Phi) is 4.57. The fourth-order valence-corrected chi connectivity index (χ4v) is 2.27. The zero-order valence-electron chi connectivity index (χ0n) is 11.7. The maximum atomic E-state index is 11.8. The number of hydrogen-bond donors (Lipinski definition) is 2. The number of methoxy groups -OCH3 is 1. The molecule has 1 aromatic carbocycles. The Morgan fingerprint density at radius 1 is 1.45 bits per heavy atom. The number of fused-ring (bicyclic) bond motifs is 1. The number of nitrogens with zero attached hydrogens (tertiary/aromatic N) is 1. The third kappa shape index (κ3) is 3.48. The van der Waals surface area contributed by atoms with Crippen LogP contribution >= 0.6 is 0 Å². The highest BCUT2D eigenvalue weighted by molar-refractivity contribution is 5.94. The predicted octanol–water partition coefficient (Wildman–Crippen LogP) is 0.867. The smallest absolute Gasteiger partial charge is 0.413 e. The summed E-state index contributed by atoms with van der Waals surface area (Å²) in [5.74, 6) is -0.374. The molecule has 1 atom stereocenters. The molecule has 1 aliphatic heterocycles. The molecule has 0 fully saturated rings. The van der Waals surface area contributed by atoms with E-state index in [9.17, 15) is 9.59 Å². The van der Waals surface area contributed by atoms with Crippen molar-refractivity contribution < 1.29 is 14.3 Å². The summed E-state index contributed by atoms with van der Waals surface area (Å²) >= 11 is 0. The van der Waals surface area contributed by atoms with Crippen LogP contribution in [0.3, 0.4) is 0 Å². The molecule has 0 aromatic heterocycles. The summed E-state index contributed by atoms with van der Waals surface area (Å²) in [4.78, 5) is 24.9. The molecule has 0 aliphatic carbocycles. The van der Waals surface area contributed by atoms with Gasteiger partial charge in [-0.15, -0.1) is 0 Å². The van der Waals surface area contributed by atoms with E-state index in [1.165, 1.54) is 7.11 Å². The van der Waals surface area contributed by atoms with Crippen LogP contribution in [0.5, 0.6) is 0 Å². The van der Waals surface area contributed by atoms with Crippen LogP contribution in [0.15, 0.2) is 24.3 Å². The first-order valence-corrected chi connectivity index (χ1v) is 6.54. The van der Waals surface area contributed by atoms with E-state index < -0.39 is 6.09 Å². The van der Waals surface area contributed by atoms with Gasteiger partial charge >= 0.3 is 6.09 Å². The maximum Gasteiger partial charge on any atom is 0.413 e. The molecular weight excluding hydrogens is 258 g/mol. The van der Waals surface area contributed by atoms with E-state index in [1.807, 2.05) is 29.2 Å². The van der Waals surface area contributed by atoms with Crippen LogP contribution in [0.2, 0.25) is 0 Å². The van der Waals surface area contributed by atoms with Gasteiger partial charge in [-0.3, -0.25) is 10.1 Å². The SMILES string of the molecule is COC(=O)NC(=O)CN1CC(C)NCc2ccccc21. The minimum Gasteiger partial charge on any atom is -0.453 e. The number of alkyl carbamates (subject to hydrolysis) is 1. The topological polar surface area (TPSA) is 70.7 Å². The lowest BCUT2D eigenvalue weighted by molar-refractivity contribution is -0.119. The van der Waals surface area contributed by atoms with Crippen molar-refractivity contribution >= 4 is 17.7 Å². The standard InChI is InChI=1S/C14H19N3O3/c1-10-8-17(9-13(18)16-14(19)20-2)12-6-4-3-5-11(12)7-15-10/h3-6,10,15H,7-9H2,1-2H3,(H,16,18,19). The third-order valence-corrected chi connectivity index (χ3v) is 3.23. The van der Waals surface area contributed by atoms with Crippen molar-refractivity contribution in [3.63, 3.8) is 0 Å². The zero-order chi connectivity index (χ0) is 14.5. The molecule has 1 unspecified atom stereocenters. The lowest BCUT2D eigenvalue weighted by Gasteiger charge is -2.25. The maximum absolute atomic E-state index is 11.8. The summed E-state index contributed by atoms with van der Waals surface area (Å²) in [5.41, 5.74) is 2.16. The van der Waals surface area contributed by atoms with Crippen LogP contribution in [0.4, 0.5) is 10.5 Å². The fourth-order valence-electron chi connectivity index (χ4n) is 2.27. The Hall–Kier alpha value is -2.08. The molecule has 0 saturated heterocycles. The number of imide groups is 1. The number of carbonyl (C=O) groups excluding carboxylic acids is 2. The molecule has 1 aromatic rings. The highest BCUT2D eigenvalue weighted by Gasteiger charge is 2.21. The minimum atomic E-state index is -0.732. The van der Waals surface area contributed by atoms with Gasteiger partial charge in [0.15, 0.2) is 0 Å². The number of anilines is 1. The van der Waals surface area contributed by atoms with Gasteiger partial charge in [0.2, 0.25) is 5.91 Å². The minimum absolute atomic E-state index is 0.123. The highest BCUT2D eigenvalue weighted by Crippen LogP contribution is 2.22. The molecule has 0 radical (unpaired) electrons. The highest BCUT2D eigenvalue weighted by atomic mass is 16.5. The number of benzene rings is 1. The molecule has 6 heteroatoms. The van der Waals surface area contributed by atoms with Crippen LogP contribution in [0.25, 0.3) is 0 Å². The Bertz CT molecular complexity index is 504. The Labute approximate surface area is 118 Å². The second-order valence-electron chi connectivity index (χ2n) is 4.83. The van der Waals surface area contributed by atoms with E-state index in [1.54, 1.807) is 0 Å². The van der Waals surface area contributed by atoms with E-state index in [4.69, 9.17) is 0 Å². The van der Waals surface area contributed by atoms with Crippen molar-refractivity contribution in [2.75, 3.05) is 25.1 Å². The number of ether oxygens (including phenoxy) is 1. The van der Waals surface area contributed by atoms with E-state index in [-0.39, 0.29) is 18.5 Å². The molecule has 2 amide bonds. The summed E-state index contributed by atoms with van der Waals surface area (Å²) in [6.45, 7) is 3.66. The molecule has 1 aliphatic rings. The molecular formula is C14H19N3O3. The zero-order valence-corrected chi connectivity index (χ0v) is 11.7. The van der Waals surface area contributed by atoms with Crippen LogP contribution < -0.4 is 15.5 Å². The van der Waals surface area contributed by atoms with Gasteiger partial charge in [-0.1, -0.05) is 18.2 Å². The number of hydrogen-bond acceptors (Lipinski definition) is 5. The van der Waals surface area contributed by atoms with Crippen molar-refractivity contribution in [3.8, 4) is 0 Å². The molecule has 1 heterocycles. The molecule has 0 spiro atoms. The van der Waals surface area contributed by atoms with Gasteiger partial charge in [0.1, 0.15) is 0 Å². The lowest BCUT2D eigenvalue weighted by atomic mass is 10.1. The number of amides is 2. The van der Waals surface area contributed by atoms with Crippen LogP contribution in [-0.4, -0.2) is 38.2 Å². The van der Waals surface area contributed by atoms with E-state index in [0.717, 1.165) is 17.8 Å². The Balaban J connectivity index is 2.13. The molecule has 0 saturated carbocycles. The van der Waals surface area contributed by atoms with Gasteiger partial charge in [-0.2, -0.15) is 0 Å². The first-order valence-electron chi connectivity index (χ1n) is 6.54. The van der Waals surface area contributed by atoms with Crippen molar-refractivity contribution in [2.45, 2.75) is 19.5 Å². The van der Waals surface area contributed by atoms with Crippen LogP contribution in [0.1, 0.15) is 12.5 Å². The van der Waals surface area contributed by atoms with Crippen LogP contribution in [-0.2, 0) is 16.1 Å². The third-order valence-electron chi connectivity index (χ3n) is 3.23. The number of nitrogens with one attached hydrogen (secondary N) is 2. The second kappa shape index (κ2) is 6.38. The van der Waals surface area contributed by atoms with Crippen molar-refractivity contribution in [1.82, 2.24) is 10.6 Å². The molecule has 20 heavy (non-hydrogen) atoms. The normalized spacial score (nSPS) is 17.9. The van der Waals surface area contributed by atoms with Gasteiger partial charge in [0.25, 0.3) is 0 Å². The van der Waals surface area contributed by atoms with Crippen molar-refractivity contribution in [2.24, 2.45) is 0 Å². The van der Waals surface area contributed by atoms with Gasteiger partial charge < -0.3 is 15.0 Å². The second-order valence-corrected chi connectivity index (χ2v) is 4.83. The fraction of sp³-hybridized carbons (Fsp3) is 0.429. The van der Waals surface area contributed by atoms with E-state index in [2.05, 4.69) is 22.3 Å². The Morgan fingerprint density at radius 2 is 2.20 bits per heavy atom. The summed E-state index contributed by atoms with van der Waals surface area (Å²) in [6, 6.07) is 8.20. The molecule has 2 rings (SSSR count). The molecule has 108 valence electrons. The first-order chi connectivity index (χ1) is 9.60. The largest absolute Gasteiger partial charge is 0.453 e. The molecule has 2 N–H and O–H groups in total. The average molecular weight is 277 g/mol. The van der Waals surface area contributed by atoms with Gasteiger partial charge in [0.05, 0.1) is 13.7 Å². The van der Waals surface area contributed by atoms with E-state index >= 15 is 0 Å². The monoisotopic (exact) mass is 277 g/mol. The van der Waals surface area contributed by atoms with Gasteiger partial charge in [-0.25, -0.2) is 4.79 Å². The number of para-hydroxylation sites is 1.